The van der Waals surface area contributed by atoms with Crippen LogP contribution >= 0.6 is 15.9 Å². The normalized spacial score (nSPS) is 15.1. The number of benzene rings is 1. The van der Waals surface area contributed by atoms with Crippen LogP contribution in [0.2, 0.25) is 0 Å². The predicted molar refractivity (Wildman–Crippen MR) is 98.1 cm³/mol. The van der Waals surface area contributed by atoms with Gasteiger partial charge in [-0.3, -0.25) is 0 Å². The maximum Gasteiger partial charge on any atom is 0.230 e. The van der Waals surface area contributed by atoms with Gasteiger partial charge in [0.05, 0.1) is 18.2 Å². The molecule has 3 rings (SSSR count). The molecule has 2 aromatic rings. The highest BCUT2D eigenvalue weighted by molar-refractivity contribution is 9.10. The van der Waals surface area contributed by atoms with E-state index in [4.69, 9.17) is 9.47 Å². The molecule has 0 amide bonds. The number of hydrogen-bond donors (Lipinski definition) is 1. The third-order valence-corrected chi connectivity index (χ3v) is 4.88. The summed E-state index contributed by atoms with van der Waals surface area (Å²) >= 11 is 3.56. The van der Waals surface area contributed by atoms with Crippen molar-refractivity contribution in [3.05, 3.63) is 34.9 Å². The summed E-state index contributed by atoms with van der Waals surface area (Å²) in [5.74, 6) is 2.53. The topological polar surface area (TPSA) is 56.3 Å². The van der Waals surface area contributed by atoms with Crippen LogP contribution in [-0.2, 0) is 0 Å². The van der Waals surface area contributed by atoms with Gasteiger partial charge in [-0.15, -0.1) is 0 Å². The number of nitrogens with one attached hydrogen (secondary N) is 1. The van der Waals surface area contributed by atoms with Crippen LogP contribution in [0.5, 0.6) is 11.6 Å². The molecule has 1 N–H and O–H groups in total. The zero-order valence-corrected chi connectivity index (χ0v) is 15.4. The third kappa shape index (κ3) is 4.60. The molecule has 1 aliphatic carbocycles. The average Bonchev–Trinajstić information content (AvgIpc) is 2.63. The summed E-state index contributed by atoms with van der Waals surface area (Å²) in [6, 6.07) is 7.61. The van der Waals surface area contributed by atoms with Crippen LogP contribution in [0.25, 0.3) is 0 Å². The van der Waals surface area contributed by atoms with Gasteiger partial charge < -0.3 is 14.8 Å². The van der Waals surface area contributed by atoms with Gasteiger partial charge in [0.25, 0.3) is 0 Å². The van der Waals surface area contributed by atoms with E-state index in [1.165, 1.54) is 32.1 Å². The van der Waals surface area contributed by atoms with Crippen molar-refractivity contribution in [2.45, 2.75) is 32.1 Å². The van der Waals surface area contributed by atoms with Crippen molar-refractivity contribution >= 4 is 27.6 Å². The Bertz CT molecular complexity index is 675. The average molecular weight is 392 g/mol. The standard InChI is InChI=1S/C18H22BrN3O2/c1-23-17-9-10-20-18(22-17)21-14-7-8-15(19)16(11-14)24-12-13-5-3-2-4-6-13/h7-11,13H,2-6,12H2,1H3,(H,20,21,22). The minimum Gasteiger partial charge on any atom is -0.492 e. The molecule has 0 spiro atoms. The molecule has 1 aromatic carbocycles. The van der Waals surface area contributed by atoms with Crippen molar-refractivity contribution in [2.24, 2.45) is 5.92 Å². The van der Waals surface area contributed by atoms with Crippen LogP contribution in [-0.4, -0.2) is 23.7 Å². The first-order valence-corrected chi connectivity index (χ1v) is 9.10. The van der Waals surface area contributed by atoms with Crippen molar-refractivity contribution in [2.75, 3.05) is 19.0 Å². The van der Waals surface area contributed by atoms with Gasteiger partial charge in [-0.05, 0) is 46.8 Å². The van der Waals surface area contributed by atoms with Crippen molar-refractivity contribution in [1.82, 2.24) is 9.97 Å². The molecule has 1 heterocycles. The summed E-state index contributed by atoms with van der Waals surface area (Å²) in [7, 11) is 1.59. The van der Waals surface area contributed by atoms with Crippen LogP contribution in [0.3, 0.4) is 0 Å². The number of halogens is 1. The maximum atomic E-state index is 6.05. The van der Waals surface area contributed by atoms with Gasteiger partial charge in [0.1, 0.15) is 5.75 Å². The van der Waals surface area contributed by atoms with Crippen LogP contribution in [0.1, 0.15) is 32.1 Å². The zero-order valence-electron chi connectivity index (χ0n) is 13.8. The molecular weight excluding hydrogens is 370 g/mol. The molecule has 0 atom stereocenters. The molecule has 1 aliphatic rings. The summed E-state index contributed by atoms with van der Waals surface area (Å²) < 4.78 is 12.1. The number of anilines is 2. The maximum absolute atomic E-state index is 6.05. The SMILES string of the molecule is COc1ccnc(Nc2ccc(Br)c(OCC3CCCCC3)c2)n1. The Morgan fingerprint density at radius 2 is 2.04 bits per heavy atom. The number of ether oxygens (including phenoxy) is 2. The lowest BCUT2D eigenvalue weighted by Crippen LogP contribution is -2.15. The molecular formula is C18H22BrN3O2. The second-order valence-electron chi connectivity index (χ2n) is 6.01. The highest BCUT2D eigenvalue weighted by atomic mass is 79.9. The van der Waals surface area contributed by atoms with Gasteiger partial charge in [-0.1, -0.05) is 19.3 Å². The zero-order chi connectivity index (χ0) is 16.8. The number of aromatic nitrogens is 2. The molecule has 128 valence electrons. The van der Waals surface area contributed by atoms with E-state index in [0.717, 1.165) is 22.5 Å². The van der Waals surface area contributed by atoms with Crippen LogP contribution in [0, 0.1) is 5.92 Å². The van der Waals surface area contributed by atoms with Gasteiger partial charge in [-0.25, -0.2) is 4.98 Å². The quantitative estimate of drug-likeness (QED) is 0.754. The molecule has 1 saturated carbocycles. The molecule has 5 nitrogen and oxygen atoms in total. The molecule has 1 fully saturated rings. The molecule has 1 aromatic heterocycles. The summed E-state index contributed by atoms with van der Waals surface area (Å²) in [4.78, 5) is 8.46. The summed E-state index contributed by atoms with van der Waals surface area (Å²) in [6.07, 6.45) is 8.21. The lowest BCUT2D eigenvalue weighted by atomic mass is 9.90. The highest BCUT2D eigenvalue weighted by Crippen LogP contribution is 2.31. The lowest BCUT2D eigenvalue weighted by molar-refractivity contribution is 0.208. The van der Waals surface area contributed by atoms with Crippen LogP contribution < -0.4 is 14.8 Å². The molecule has 0 radical (unpaired) electrons. The van der Waals surface area contributed by atoms with E-state index in [0.29, 0.717) is 17.7 Å². The number of nitrogens with zero attached hydrogens (tertiary/aromatic N) is 2. The van der Waals surface area contributed by atoms with E-state index in [9.17, 15) is 0 Å². The third-order valence-electron chi connectivity index (χ3n) is 4.23. The summed E-state index contributed by atoms with van der Waals surface area (Å²) in [5.41, 5.74) is 0.880. The van der Waals surface area contributed by atoms with E-state index in [-0.39, 0.29) is 0 Å². The van der Waals surface area contributed by atoms with Gasteiger partial charge >= 0.3 is 0 Å². The largest absolute Gasteiger partial charge is 0.492 e. The number of rotatable bonds is 6. The van der Waals surface area contributed by atoms with Gasteiger partial charge in [-0.2, -0.15) is 4.98 Å². The second-order valence-corrected chi connectivity index (χ2v) is 6.86. The van der Waals surface area contributed by atoms with Crippen molar-refractivity contribution in [3.63, 3.8) is 0 Å². The Balaban J connectivity index is 1.66. The van der Waals surface area contributed by atoms with Gasteiger partial charge in [0.2, 0.25) is 11.8 Å². The predicted octanol–water partition coefficient (Wildman–Crippen LogP) is 4.95. The van der Waals surface area contributed by atoms with E-state index in [1.807, 2.05) is 18.2 Å². The Kier molecular flexibility index (Phi) is 5.91. The van der Waals surface area contributed by atoms with E-state index in [2.05, 4.69) is 31.2 Å². The minimum atomic E-state index is 0.495. The first kappa shape index (κ1) is 17.0. The fourth-order valence-corrected chi connectivity index (χ4v) is 3.26. The minimum absolute atomic E-state index is 0.495. The Morgan fingerprint density at radius 1 is 1.21 bits per heavy atom. The number of methoxy groups -OCH3 is 1. The van der Waals surface area contributed by atoms with Gasteiger partial charge in [0.15, 0.2) is 0 Å². The Hall–Kier alpha value is -1.82. The fourth-order valence-electron chi connectivity index (χ4n) is 2.90. The number of hydrogen-bond acceptors (Lipinski definition) is 5. The first-order chi connectivity index (χ1) is 11.7. The van der Waals surface area contributed by atoms with Crippen LogP contribution in [0.15, 0.2) is 34.9 Å². The highest BCUT2D eigenvalue weighted by Gasteiger charge is 2.15. The Morgan fingerprint density at radius 3 is 2.83 bits per heavy atom. The smallest absolute Gasteiger partial charge is 0.230 e. The molecule has 0 unspecified atom stereocenters. The lowest BCUT2D eigenvalue weighted by Gasteiger charge is -2.22. The molecule has 0 saturated heterocycles. The fraction of sp³-hybridized carbons (Fsp3) is 0.444. The van der Waals surface area contributed by atoms with Gasteiger partial charge in [0, 0.05) is 24.0 Å². The van der Waals surface area contributed by atoms with Crippen molar-refractivity contribution in [3.8, 4) is 11.6 Å². The molecule has 0 aliphatic heterocycles. The first-order valence-electron chi connectivity index (χ1n) is 8.31. The Labute approximate surface area is 150 Å². The van der Waals surface area contributed by atoms with E-state index in [1.54, 1.807) is 19.4 Å². The van der Waals surface area contributed by atoms with Crippen LogP contribution in [0.4, 0.5) is 11.6 Å². The molecule has 0 bridgehead atoms. The monoisotopic (exact) mass is 391 g/mol. The second kappa shape index (κ2) is 8.33. The van der Waals surface area contributed by atoms with E-state index < -0.39 is 0 Å². The van der Waals surface area contributed by atoms with Crippen molar-refractivity contribution in [1.29, 1.82) is 0 Å². The molecule has 24 heavy (non-hydrogen) atoms. The summed E-state index contributed by atoms with van der Waals surface area (Å²) in [5, 5.41) is 3.18. The summed E-state index contributed by atoms with van der Waals surface area (Å²) in [6.45, 7) is 0.776. The van der Waals surface area contributed by atoms with Crippen molar-refractivity contribution < 1.29 is 9.47 Å². The molecule has 6 heteroatoms. The van der Waals surface area contributed by atoms with E-state index >= 15 is 0 Å².